The van der Waals surface area contributed by atoms with E-state index in [1.54, 1.807) is 45.5 Å². The number of pyridine rings is 1. The summed E-state index contributed by atoms with van der Waals surface area (Å²) in [5, 5.41) is 51.0. The van der Waals surface area contributed by atoms with Crippen LogP contribution in [0.3, 0.4) is 0 Å². The van der Waals surface area contributed by atoms with Crippen molar-refractivity contribution in [3.05, 3.63) is 45.7 Å². The lowest BCUT2D eigenvalue weighted by Crippen LogP contribution is -2.61. The Balaban J connectivity index is 1.18. The van der Waals surface area contributed by atoms with E-state index in [4.69, 9.17) is 42.6 Å². The fourth-order valence-electron chi connectivity index (χ4n) is 12.4. The number of nitrogens with one attached hydrogen (secondary N) is 1. The Labute approximate surface area is 460 Å². The summed E-state index contributed by atoms with van der Waals surface area (Å²) in [6.45, 7) is 21.0. The number of rotatable bonds is 18. The molecule has 0 aliphatic carbocycles. The number of nitrogens with zero attached hydrogens (tertiary/aromatic N) is 3. The molecule has 78 heavy (non-hydrogen) atoms. The molecular formula is C57H92N4O17. The molecule has 5 N–H and O–H groups in total. The summed E-state index contributed by atoms with van der Waals surface area (Å²) in [4.78, 5) is 56.2. The van der Waals surface area contributed by atoms with Crippen LogP contribution in [0.2, 0.25) is 0 Å². The fraction of sp³-hybridized carbons (Fsp3) is 0.789. The first-order chi connectivity index (χ1) is 36.7. The van der Waals surface area contributed by atoms with Gasteiger partial charge in [0.1, 0.15) is 35.3 Å². The van der Waals surface area contributed by atoms with Crippen molar-refractivity contribution in [2.75, 3.05) is 79.3 Å². The van der Waals surface area contributed by atoms with Gasteiger partial charge in [0.05, 0.1) is 86.1 Å². The number of hydrogen-bond donors (Lipinski definition) is 5. The number of morpholine rings is 1. The Bertz CT molecular complexity index is 2380. The lowest BCUT2D eigenvalue weighted by atomic mass is 9.74. The topological polar surface area (TPSA) is 256 Å². The fourth-order valence-corrected chi connectivity index (χ4v) is 12.4. The molecule has 0 bridgehead atoms. The van der Waals surface area contributed by atoms with Crippen LogP contribution in [0, 0.1) is 23.7 Å². The number of esters is 1. The van der Waals surface area contributed by atoms with Crippen LogP contribution in [-0.4, -0.2) is 206 Å². The number of carbonyl (C=O) groups is 3. The Hall–Kier alpha value is -3.68. The Morgan fingerprint density at radius 3 is 2.19 bits per heavy atom. The van der Waals surface area contributed by atoms with Gasteiger partial charge >= 0.3 is 11.9 Å². The largest absolute Gasteiger partial charge is 0.477 e. The minimum absolute atomic E-state index is 0.0854. The maximum absolute atomic E-state index is 14.6. The third-order valence-corrected chi connectivity index (χ3v) is 17.2. The van der Waals surface area contributed by atoms with Gasteiger partial charge in [0, 0.05) is 62.6 Å². The zero-order valence-corrected chi connectivity index (χ0v) is 48.6. The lowest BCUT2D eigenvalue weighted by molar-refractivity contribution is -0.322. The number of methoxy groups -OCH3 is 2. The molecule has 18 atom stereocenters. The van der Waals surface area contributed by atoms with E-state index in [0.717, 1.165) is 12.0 Å². The van der Waals surface area contributed by atoms with Crippen LogP contribution >= 0.6 is 0 Å². The predicted octanol–water partition coefficient (Wildman–Crippen LogP) is 3.67. The van der Waals surface area contributed by atoms with E-state index in [9.17, 15) is 39.6 Å². The van der Waals surface area contributed by atoms with Gasteiger partial charge in [0.25, 0.3) is 0 Å². The highest BCUT2D eigenvalue weighted by Gasteiger charge is 2.54. The number of benzene rings is 1. The Morgan fingerprint density at radius 2 is 1.56 bits per heavy atom. The van der Waals surface area contributed by atoms with E-state index in [1.807, 2.05) is 70.8 Å². The van der Waals surface area contributed by atoms with E-state index in [2.05, 4.69) is 5.32 Å². The highest BCUT2D eigenvalue weighted by molar-refractivity contribution is 5.93. The maximum Gasteiger partial charge on any atom is 0.341 e. The number of ether oxygens (including phenoxy) is 9. The number of aliphatic hydroxyl groups excluding tert-OH is 2. The number of cyclic esters (lactones) is 1. The average Bonchev–Trinajstić information content (AvgIpc) is 3.45. The van der Waals surface area contributed by atoms with Gasteiger partial charge in [0.2, 0.25) is 5.43 Å². The summed E-state index contributed by atoms with van der Waals surface area (Å²) in [5.74, 6) is -5.91. The van der Waals surface area contributed by atoms with Gasteiger partial charge in [-0.1, -0.05) is 33.8 Å². The van der Waals surface area contributed by atoms with Crippen LogP contribution in [-0.2, 0) is 58.6 Å². The van der Waals surface area contributed by atoms with Crippen molar-refractivity contribution >= 4 is 28.6 Å². The lowest BCUT2D eigenvalue weighted by Gasteiger charge is -2.50. The second kappa shape index (κ2) is 26.9. The molecule has 1 aromatic heterocycles. The van der Waals surface area contributed by atoms with Crippen LogP contribution < -0.4 is 15.8 Å². The van der Waals surface area contributed by atoms with E-state index in [0.29, 0.717) is 69.7 Å². The summed E-state index contributed by atoms with van der Waals surface area (Å²) < 4.78 is 59.4. The van der Waals surface area contributed by atoms with Gasteiger partial charge in [-0.05, 0) is 112 Å². The number of carboxylic acids is 1. The van der Waals surface area contributed by atoms with Crippen LogP contribution in [0.5, 0.6) is 0 Å². The number of carbonyl (C=O) groups excluding carboxylic acids is 2. The number of fused-ring (bicyclic) bond motifs is 1. The molecule has 442 valence electrons. The van der Waals surface area contributed by atoms with Gasteiger partial charge in [-0.2, -0.15) is 0 Å². The predicted molar refractivity (Wildman–Crippen MR) is 290 cm³/mol. The molecule has 4 saturated heterocycles. The molecule has 21 heteroatoms. The van der Waals surface area contributed by atoms with Gasteiger partial charge in [-0.25, -0.2) is 4.79 Å². The van der Waals surface area contributed by atoms with Crippen LogP contribution in [0.15, 0.2) is 29.2 Å². The molecule has 0 spiro atoms. The number of aryl methyl sites for hydroxylation is 1. The quantitative estimate of drug-likeness (QED) is 0.105. The molecular weight excluding hydrogens is 1010 g/mol. The summed E-state index contributed by atoms with van der Waals surface area (Å²) in [6.07, 6.45) is -5.74. The zero-order chi connectivity index (χ0) is 57.6. The second-order valence-corrected chi connectivity index (χ2v) is 23.3. The summed E-state index contributed by atoms with van der Waals surface area (Å²) in [5.41, 5.74) is -3.49. The van der Waals surface area contributed by atoms with E-state index >= 15 is 0 Å². The molecule has 4 fully saturated rings. The third kappa shape index (κ3) is 14.1. The number of aromatic nitrogens is 1. The average molecular weight is 1110 g/mol. The van der Waals surface area contributed by atoms with Crippen molar-refractivity contribution in [3.8, 4) is 0 Å². The normalized spacial score (nSPS) is 37.8. The SMILES string of the molecule is CC[C@H]1OC(=O)[C@H](C)[C@@H](O[C@H]2C[C@@](C)(OC)[C@@H](OCCNCCCc3ccc4c(c3)c(=O)c(C(=O)O)cn4N3CCOCC3)[C@H](C)O2)[C@H](C)[C@@H](O[C@@H]2O[C@H](C)C[C@H](N(C)C)[C@H]2O)[C@](C)(OC)C[C@@H](C)C(=O)[C@@H](C)[C@@H](O)[C@]1(C)O. The minimum Gasteiger partial charge on any atom is -0.477 e. The summed E-state index contributed by atoms with van der Waals surface area (Å²) in [7, 11) is 6.87. The maximum atomic E-state index is 14.6. The van der Waals surface area contributed by atoms with Crippen molar-refractivity contribution < 1.29 is 77.4 Å². The molecule has 6 rings (SSSR count). The number of ketones is 1. The molecule has 5 heterocycles. The van der Waals surface area contributed by atoms with Gasteiger partial charge < -0.3 is 78.3 Å². The molecule has 21 nitrogen and oxygen atoms in total. The number of aliphatic hydroxyl groups is 3. The van der Waals surface area contributed by atoms with Crippen molar-refractivity contribution in [1.82, 2.24) is 14.9 Å². The molecule has 0 unspecified atom stereocenters. The summed E-state index contributed by atoms with van der Waals surface area (Å²) >= 11 is 0. The summed E-state index contributed by atoms with van der Waals surface area (Å²) in [6, 6.07) is 5.32. The first-order valence-corrected chi connectivity index (χ1v) is 28.0. The third-order valence-electron chi connectivity index (χ3n) is 17.2. The van der Waals surface area contributed by atoms with Crippen LogP contribution in [0.1, 0.15) is 117 Å². The highest BCUT2D eigenvalue weighted by atomic mass is 16.7. The monoisotopic (exact) mass is 1100 g/mol. The van der Waals surface area contributed by atoms with Gasteiger partial charge in [0.15, 0.2) is 12.6 Å². The van der Waals surface area contributed by atoms with E-state index < -0.39 is 113 Å². The number of carboxylic acid groups (broad SMARTS) is 1. The number of Topliss-reactive ketones (excluding diaryl/α,β-unsaturated/α-hetero) is 1. The smallest absolute Gasteiger partial charge is 0.341 e. The molecule has 4 aliphatic rings. The highest BCUT2D eigenvalue weighted by Crippen LogP contribution is 2.42. The first kappa shape index (κ1) is 63.5. The van der Waals surface area contributed by atoms with Gasteiger partial charge in [-0.15, -0.1) is 0 Å². The molecule has 0 amide bonds. The Kier molecular flexibility index (Phi) is 21.9. The molecule has 2 aromatic rings. The molecule has 4 aliphatic heterocycles. The van der Waals surface area contributed by atoms with Crippen molar-refractivity contribution in [2.24, 2.45) is 23.7 Å². The van der Waals surface area contributed by atoms with Crippen molar-refractivity contribution in [2.45, 2.75) is 192 Å². The zero-order valence-electron chi connectivity index (χ0n) is 48.6. The van der Waals surface area contributed by atoms with Gasteiger partial charge in [-0.3, -0.25) is 19.1 Å². The standard InChI is InChI=1S/C57H92N4O17/c1-15-43-57(10,69)49(65)34(4)45(62)32(2)29-55(8,70-13)50(78-54-47(64)42(59(11)12)27-33(3)74-54)35(5)48(36(6)53(68)76-43)77-44-30-56(9,71-14)51(37(7)75-44)73-24-21-58-20-16-17-38-18-19-41-39(28-38)46(63)40(52(66)67)31-61(41)60-22-25-72-26-23-60/h18-19,28,31-37,42-44,47-51,54,58,64-65,69H,15-17,20-27,29-30H2,1-14H3,(H,66,67)/t32-,33-,34-,35+,36-,37+,42+,43-,44+,47-,48+,49-,50-,51+,54+,55-,56-,57-/m1/s1. The number of likely N-dealkylation sites (N-methyl/N-ethyl adjacent to an activating group) is 1. The molecule has 1 aromatic carbocycles. The van der Waals surface area contributed by atoms with E-state index in [-0.39, 0.29) is 42.8 Å². The minimum atomic E-state index is -2.01. The number of aromatic carboxylic acids is 1. The van der Waals surface area contributed by atoms with Crippen molar-refractivity contribution in [3.63, 3.8) is 0 Å². The Morgan fingerprint density at radius 1 is 0.897 bits per heavy atom. The van der Waals surface area contributed by atoms with E-state index in [1.165, 1.54) is 20.2 Å². The second-order valence-electron chi connectivity index (χ2n) is 23.3. The molecule has 0 saturated carbocycles. The van der Waals surface area contributed by atoms with Crippen LogP contribution in [0.4, 0.5) is 0 Å². The van der Waals surface area contributed by atoms with Crippen molar-refractivity contribution in [1.29, 1.82) is 0 Å². The molecule has 0 radical (unpaired) electrons. The first-order valence-electron chi connectivity index (χ1n) is 28.0. The van der Waals surface area contributed by atoms with Crippen LogP contribution in [0.25, 0.3) is 10.9 Å². The number of hydrogen-bond acceptors (Lipinski definition) is 19.